The van der Waals surface area contributed by atoms with Gasteiger partial charge < -0.3 is 16.2 Å². The van der Waals surface area contributed by atoms with Crippen LogP contribution in [-0.2, 0) is 5.41 Å². The molecule has 0 bridgehead atoms. The molecule has 1 aromatic carbocycles. The van der Waals surface area contributed by atoms with E-state index in [9.17, 15) is 0 Å². The summed E-state index contributed by atoms with van der Waals surface area (Å²) in [4.78, 5) is 0. The molecule has 3 heteroatoms. The fourth-order valence-corrected chi connectivity index (χ4v) is 2.19. The highest BCUT2D eigenvalue weighted by molar-refractivity contribution is 5.36. The summed E-state index contributed by atoms with van der Waals surface area (Å²) < 4.78 is 0. The number of benzene rings is 1. The predicted octanol–water partition coefficient (Wildman–Crippen LogP) is 1.49. The zero-order valence-corrected chi connectivity index (χ0v) is 12.0. The second-order valence-corrected chi connectivity index (χ2v) is 5.78. The standard InChI is InChI=1S/C15H26N2O/c1-11-5-6-12(2)14(7-11)15(3,4)10-17-8-13(16)9-18/h5-7,13,17-18H,8-10,16H2,1-4H3. The van der Waals surface area contributed by atoms with Crippen LogP contribution in [0, 0.1) is 13.8 Å². The van der Waals surface area contributed by atoms with Crippen molar-refractivity contribution in [1.82, 2.24) is 5.32 Å². The van der Waals surface area contributed by atoms with Gasteiger partial charge in [-0.2, -0.15) is 0 Å². The lowest BCUT2D eigenvalue weighted by molar-refractivity contribution is 0.260. The fraction of sp³-hybridized carbons (Fsp3) is 0.600. The third kappa shape index (κ3) is 4.09. The highest BCUT2D eigenvalue weighted by Crippen LogP contribution is 2.26. The minimum atomic E-state index is -0.181. The number of hydrogen-bond donors (Lipinski definition) is 3. The first-order valence-corrected chi connectivity index (χ1v) is 6.51. The zero-order chi connectivity index (χ0) is 13.8. The average molecular weight is 250 g/mol. The number of nitrogens with two attached hydrogens (primary N) is 1. The maximum absolute atomic E-state index is 8.90. The molecule has 0 radical (unpaired) electrons. The molecule has 0 aliphatic carbocycles. The van der Waals surface area contributed by atoms with E-state index >= 15 is 0 Å². The van der Waals surface area contributed by atoms with E-state index in [2.05, 4.69) is 51.2 Å². The van der Waals surface area contributed by atoms with Crippen molar-refractivity contribution >= 4 is 0 Å². The zero-order valence-electron chi connectivity index (χ0n) is 12.0. The molecule has 1 aromatic rings. The molecule has 0 saturated carbocycles. The van der Waals surface area contributed by atoms with Crippen molar-refractivity contribution in [3.8, 4) is 0 Å². The minimum absolute atomic E-state index is 0.0247. The molecular weight excluding hydrogens is 224 g/mol. The van der Waals surface area contributed by atoms with Gasteiger partial charge in [-0.05, 0) is 25.0 Å². The monoisotopic (exact) mass is 250 g/mol. The molecular formula is C15H26N2O. The van der Waals surface area contributed by atoms with Crippen molar-refractivity contribution in [2.24, 2.45) is 5.73 Å². The number of hydrogen-bond acceptors (Lipinski definition) is 3. The van der Waals surface area contributed by atoms with Crippen LogP contribution in [0.25, 0.3) is 0 Å². The van der Waals surface area contributed by atoms with Gasteiger partial charge in [-0.1, -0.05) is 37.6 Å². The number of aliphatic hydroxyl groups excluding tert-OH is 1. The quantitative estimate of drug-likeness (QED) is 0.717. The first-order chi connectivity index (χ1) is 8.36. The number of aliphatic hydroxyl groups is 1. The van der Waals surface area contributed by atoms with Crippen LogP contribution < -0.4 is 11.1 Å². The molecule has 0 heterocycles. The molecule has 0 amide bonds. The Kier molecular flexibility index (Phi) is 5.32. The van der Waals surface area contributed by atoms with Crippen molar-refractivity contribution in [2.45, 2.75) is 39.2 Å². The van der Waals surface area contributed by atoms with E-state index in [0.29, 0.717) is 6.54 Å². The Bertz CT molecular complexity index is 388. The third-order valence-corrected chi connectivity index (χ3v) is 3.33. The Labute approximate surface area is 110 Å². The van der Waals surface area contributed by atoms with Crippen molar-refractivity contribution in [3.05, 3.63) is 34.9 Å². The first kappa shape index (κ1) is 15.2. The number of rotatable bonds is 6. The highest BCUT2D eigenvalue weighted by Gasteiger charge is 2.22. The van der Waals surface area contributed by atoms with Gasteiger partial charge in [0, 0.05) is 24.5 Å². The summed E-state index contributed by atoms with van der Waals surface area (Å²) in [5.74, 6) is 0. The molecule has 1 unspecified atom stereocenters. The SMILES string of the molecule is Cc1ccc(C)c(C(C)(C)CNCC(N)CO)c1. The molecule has 3 nitrogen and oxygen atoms in total. The molecule has 0 spiro atoms. The Hall–Kier alpha value is -0.900. The molecule has 4 N–H and O–H groups in total. The fourth-order valence-electron chi connectivity index (χ4n) is 2.19. The van der Waals surface area contributed by atoms with Crippen molar-refractivity contribution in [3.63, 3.8) is 0 Å². The van der Waals surface area contributed by atoms with Crippen LogP contribution in [0.5, 0.6) is 0 Å². The van der Waals surface area contributed by atoms with Gasteiger partial charge >= 0.3 is 0 Å². The van der Waals surface area contributed by atoms with E-state index in [-0.39, 0.29) is 18.1 Å². The first-order valence-electron chi connectivity index (χ1n) is 6.51. The van der Waals surface area contributed by atoms with Crippen LogP contribution in [0.2, 0.25) is 0 Å². The molecule has 102 valence electrons. The Morgan fingerprint density at radius 1 is 1.33 bits per heavy atom. The lowest BCUT2D eigenvalue weighted by Gasteiger charge is -2.28. The Morgan fingerprint density at radius 3 is 2.61 bits per heavy atom. The van der Waals surface area contributed by atoms with E-state index in [1.807, 2.05) is 0 Å². The molecule has 0 aliphatic heterocycles. The summed E-state index contributed by atoms with van der Waals surface area (Å²) in [7, 11) is 0. The minimum Gasteiger partial charge on any atom is -0.395 e. The van der Waals surface area contributed by atoms with Crippen molar-refractivity contribution in [2.75, 3.05) is 19.7 Å². The van der Waals surface area contributed by atoms with Crippen LogP contribution >= 0.6 is 0 Å². The van der Waals surface area contributed by atoms with Gasteiger partial charge in [0.2, 0.25) is 0 Å². The van der Waals surface area contributed by atoms with Crippen molar-refractivity contribution < 1.29 is 5.11 Å². The highest BCUT2D eigenvalue weighted by atomic mass is 16.3. The van der Waals surface area contributed by atoms with Crippen LogP contribution in [0.15, 0.2) is 18.2 Å². The van der Waals surface area contributed by atoms with E-state index in [1.54, 1.807) is 0 Å². The number of aryl methyl sites for hydroxylation is 2. The average Bonchev–Trinajstić information content (AvgIpc) is 2.31. The molecule has 1 atom stereocenters. The van der Waals surface area contributed by atoms with Gasteiger partial charge in [-0.15, -0.1) is 0 Å². The van der Waals surface area contributed by atoms with Gasteiger partial charge in [-0.25, -0.2) is 0 Å². The van der Waals surface area contributed by atoms with E-state index in [0.717, 1.165) is 6.54 Å². The molecule has 18 heavy (non-hydrogen) atoms. The summed E-state index contributed by atoms with van der Waals surface area (Å²) in [6.45, 7) is 10.2. The summed E-state index contributed by atoms with van der Waals surface area (Å²) >= 11 is 0. The Balaban J connectivity index is 2.70. The molecule has 0 saturated heterocycles. The van der Waals surface area contributed by atoms with Crippen LogP contribution in [-0.4, -0.2) is 30.8 Å². The topological polar surface area (TPSA) is 58.3 Å². The maximum Gasteiger partial charge on any atom is 0.0594 e. The maximum atomic E-state index is 8.90. The smallest absolute Gasteiger partial charge is 0.0594 e. The molecule has 1 rings (SSSR count). The van der Waals surface area contributed by atoms with E-state index in [4.69, 9.17) is 10.8 Å². The van der Waals surface area contributed by atoms with Crippen LogP contribution in [0.1, 0.15) is 30.5 Å². The second kappa shape index (κ2) is 6.32. The van der Waals surface area contributed by atoms with Crippen LogP contribution in [0.4, 0.5) is 0 Å². The largest absolute Gasteiger partial charge is 0.395 e. The van der Waals surface area contributed by atoms with Gasteiger partial charge in [0.05, 0.1) is 6.61 Å². The summed E-state index contributed by atoms with van der Waals surface area (Å²) in [5.41, 5.74) is 9.72. The van der Waals surface area contributed by atoms with Gasteiger partial charge in [0.1, 0.15) is 0 Å². The second-order valence-electron chi connectivity index (χ2n) is 5.78. The summed E-state index contributed by atoms with van der Waals surface area (Å²) in [6.07, 6.45) is 0. The lowest BCUT2D eigenvalue weighted by atomic mass is 9.81. The normalized spacial score (nSPS) is 13.7. The number of nitrogens with one attached hydrogen (secondary N) is 1. The lowest BCUT2D eigenvalue weighted by Crippen LogP contribution is -2.42. The van der Waals surface area contributed by atoms with Gasteiger partial charge in [0.15, 0.2) is 0 Å². The molecule has 0 aromatic heterocycles. The summed E-state index contributed by atoms with van der Waals surface area (Å²) in [5, 5.41) is 12.2. The predicted molar refractivity (Wildman–Crippen MR) is 76.9 cm³/mol. The van der Waals surface area contributed by atoms with Crippen molar-refractivity contribution in [1.29, 1.82) is 0 Å². The Morgan fingerprint density at radius 2 is 2.00 bits per heavy atom. The molecule has 0 fully saturated rings. The third-order valence-electron chi connectivity index (χ3n) is 3.33. The summed E-state index contributed by atoms with van der Waals surface area (Å²) in [6, 6.07) is 6.39. The van der Waals surface area contributed by atoms with Gasteiger partial charge in [0.25, 0.3) is 0 Å². The van der Waals surface area contributed by atoms with Gasteiger partial charge in [-0.3, -0.25) is 0 Å². The van der Waals surface area contributed by atoms with Crippen LogP contribution in [0.3, 0.4) is 0 Å². The van der Waals surface area contributed by atoms with E-state index in [1.165, 1.54) is 16.7 Å². The molecule has 0 aliphatic rings. The van der Waals surface area contributed by atoms with E-state index < -0.39 is 0 Å².